The average molecular weight is 493 g/mol. The summed E-state index contributed by atoms with van der Waals surface area (Å²) in [7, 11) is -4.44. The van der Waals surface area contributed by atoms with E-state index in [1.807, 2.05) is 0 Å². The first-order chi connectivity index (χ1) is 15.7. The van der Waals surface area contributed by atoms with Gasteiger partial charge in [-0.3, -0.25) is 4.55 Å². The Bertz CT molecular complexity index is 1260. The van der Waals surface area contributed by atoms with Crippen molar-refractivity contribution in [3.63, 3.8) is 0 Å². The van der Waals surface area contributed by atoms with Crippen molar-refractivity contribution in [2.24, 2.45) is 0 Å². The van der Waals surface area contributed by atoms with Gasteiger partial charge in [0.15, 0.2) is 0 Å². The summed E-state index contributed by atoms with van der Waals surface area (Å²) < 4.78 is 30.3. The van der Waals surface area contributed by atoms with Crippen LogP contribution in [-0.4, -0.2) is 35.1 Å². The molecule has 0 bridgehead atoms. The highest BCUT2D eigenvalue weighted by atomic mass is 32.2. The van der Waals surface area contributed by atoms with E-state index in [9.17, 15) is 18.0 Å². The van der Waals surface area contributed by atoms with Crippen LogP contribution in [0.2, 0.25) is 0 Å². The second kappa shape index (κ2) is 11.3. The van der Waals surface area contributed by atoms with Gasteiger partial charge in [-0.15, -0.1) is 0 Å². The molecule has 0 aliphatic carbocycles. The molecule has 0 spiro atoms. The number of carboxylic acid groups (broad SMARTS) is 2. The van der Waals surface area contributed by atoms with Crippen LogP contribution in [-0.2, 0) is 10.1 Å². The number of anilines is 6. The van der Waals surface area contributed by atoms with Crippen molar-refractivity contribution >= 4 is 56.2 Å². The van der Waals surface area contributed by atoms with E-state index in [4.69, 9.17) is 49.2 Å². The number of nitrogens with two attached hydrogens (primary N) is 6. The number of carbonyl (C=O) groups is 2. The minimum absolute atomic E-state index is 0.00472. The topological polar surface area (TPSA) is 285 Å². The van der Waals surface area contributed by atoms with Crippen LogP contribution in [0.25, 0.3) is 0 Å². The van der Waals surface area contributed by atoms with Gasteiger partial charge < -0.3 is 44.6 Å². The Hall–Kier alpha value is -4.69. The van der Waals surface area contributed by atoms with Crippen molar-refractivity contribution in [2.75, 3.05) is 34.4 Å². The van der Waals surface area contributed by atoms with Gasteiger partial charge in [0.2, 0.25) is 0 Å². The first kappa shape index (κ1) is 27.3. The van der Waals surface area contributed by atoms with E-state index in [0.29, 0.717) is 11.4 Å². The van der Waals surface area contributed by atoms with E-state index < -0.39 is 27.0 Å². The molecule has 0 radical (unpaired) electrons. The number of rotatable bonds is 3. The molecular weight excluding hydrogens is 468 g/mol. The van der Waals surface area contributed by atoms with Crippen LogP contribution < -0.4 is 34.4 Å². The molecule has 3 rings (SSSR count). The van der Waals surface area contributed by atoms with E-state index in [-0.39, 0.29) is 33.9 Å². The molecule has 0 aliphatic heterocycles. The van der Waals surface area contributed by atoms with E-state index in [0.717, 1.165) is 6.07 Å². The molecule has 13 nitrogen and oxygen atoms in total. The van der Waals surface area contributed by atoms with Crippen LogP contribution in [0.1, 0.15) is 20.7 Å². The minimum atomic E-state index is -4.44. The molecule has 182 valence electrons. The Morgan fingerprint density at radius 2 is 1.00 bits per heavy atom. The molecule has 0 aliphatic rings. The van der Waals surface area contributed by atoms with Gasteiger partial charge in [-0.25, -0.2) is 9.59 Å². The maximum atomic E-state index is 10.8. The third-order valence-electron chi connectivity index (χ3n) is 4.10. The lowest BCUT2D eigenvalue weighted by Gasteiger charge is -2.10. The van der Waals surface area contributed by atoms with Crippen LogP contribution >= 0.6 is 0 Å². The number of hydrogen-bond acceptors (Lipinski definition) is 10. The van der Waals surface area contributed by atoms with E-state index in [2.05, 4.69) is 0 Å². The number of benzene rings is 3. The SMILES string of the molecule is Nc1cc(S(=O)(=O)O)c(N)c(N)c1N.Nc1ccccc1C(=O)O.Nc1ccccc1C(=O)O. The highest BCUT2D eigenvalue weighted by molar-refractivity contribution is 7.86. The van der Waals surface area contributed by atoms with Gasteiger partial charge in [-0.2, -0.15) is 8.42 Å². The molecule has 14 heteroatoms. The first-order valence-electron chi connectivity index (χ1n) is 9.04. The zero-order valence-electron chi connectivity index (χ0n) is 17.5. The summed E-state index contributed by atoms with van der Waals surface area (Å²) in [6.07, 6.45) is 0. The highest BCUT2D eigenvalue weighted by Gasteiger charge is 2.19. The lowest BCUT2D eigenvalue weighted by atomic mass is 10.2. The third kappa shape index (κ3) is 7.18. The van der Waals surface area contributed by atoms with Crippen molar-refractivity contribution in [1.29, 1.82) is 0 Å². The Balaban J connectivity index is 0.000000261. The maximum Gasteiger partial charge on any atom is 0.337 e. The summed E-state index contributed by atoms with van der Waals surface area (Å²) in [6.45, 7) is 0. The zero-order chi connectivity index (χ0) is 26.2. The van der Waals surface area contributed by atoms with Crippen LogP contribution in [0.3, 0.4) is 0 Å². The van der Waals surface area contributed by atoms with Crippen molar-refractivity contribution in [2.45, 2.75) is 4.90 Å². The molecule has 3 aromatic rings. The van der Waals surface area contributed by atoms with Crippen LogP contribution in [0, 0.1) is 0 Å². The van der Waals surface area contributed by atoms with Gasteiger partial charge in [-0.1, -0.05) is 24.3 Å². The van der Waals surface area contributed by atoms with Crippen molar-refractivity contribution < 1.29 is 32.8 Å². The van der Waals surface area contributed by atoms with Gasteiger partial charge in [0.05, 0.1) is 33.9 Å². The Morgan fingerprint density at radius 3 is 1.29 bits per heavy atom. The van der Waals surface area contributed by atoms with Crippen LogP contribution in [0.5, 0.6) is 0 Å². The van der Waals surface area contributed by atoms with Gasteiger partial charge in [-0.05, 0) is 30.3 Å². The number of para-hydroxylation sites is 2. The molecule has 34 heavy (non-hydrogen) atoms. The average Bonchev–Trinajstić information content (AvgIpc) is 2.75. The Labute approximate surface area is 194 Å². The number of carboxylic acids is 2. The van der Waals surface area contributed by atoms with Crippen LogP contribution in [0.4, 0.5) is 34.1 Å². The fourth-order valence-electron chi connectivity index (χ4n) is 2.33. The Kier molecular flexibility index (Phi) is 9.05. The lowest BCUT2D eigenvalue weighted by Crippen LogP contribution is -2.10. The lowest BCUT2D eigenvalue weighted by molar-refractivity contribution is 0.0687. The monoisotopic (exact) mass is 492 g/mol. The second-order valence-electron chi connectivity index (χ2n) is 6.46. The van der Waals surface area contributed by atoms with Gasteiger partial charge in [0.25, 0.3) is 10.1 Å². The van der Waals surface area contributed by atoms with Gasteiger partial charge in [0, 0.05) is 11.4 Å². The normalized spacial score (nSPS) is 10.1. The molecule has 15 N–H and O–H groups in total. The minimum Gasteiger partial charge on any atom is -0.478 e. The smallest absolute Gasteiger partial charge is 0.337 e. The second-order valence-corrected chi connectivity index (χ2v) is 7.85. The number of aromatic carboxylic acids is 2. The zero-order valence-corrected chi connectivity index (χ0v) is 18.4. The summed E-state index contributed by atoms with van der Waals surface area (Å²) >= 11 is 0. The first-order valence-corrected chi connectivity index (χ1v) is 10.5. The molecule has 3 aromatic carbocycles. The molecule has 0 fully saturated rings. The summed E-state index contributed by atoms with van der Waals surface area (Å²) in [4.78, 5) is 20.1. The predicted octanol–water partition coefficient (Wildman–Crippen LogP) is 1.20. The number of hydrogen-bond donors (Lipinski definition) is 9. The van der Waals surface area contributed by atoms with Gasteiger partial charge in [0.1, 0.15) is 4.90 Å². The third-order valence-corrected chi connectivity index (χ3v) is 5.00. The molecule has 0 aromatic heterocycles. The van der Waals surface area contributed by atoms with Crippen molar-refractivity contribution in [3.05, 3.63) is 65.7 Å². The summed E-state index contributed by atoms with van der Waals surface area (Å²) in [5.74, 6) is -1.98. The fraction of sp³-hybridized carbons (Fsp3) is 0. The van der Waals surface area contributed by atoms with E-state index in [1.54, 1.807) is 36.4 Å². The summed E-state index contributed by atoms with van der Waals surface area (Å²) in [5, 5.41) is 17.0. The molecule has 0 amide bonds. The largest absolute Gasteiger partial charge is 0.478 e. The quantitative estimate of drug-likeness (QED) is 0.183. The van der Waals surface area contributed by atoms with Crippen molar-refractivity contribution in [3.8, 4) is 0 Å². The Morgan fingerprint density at radius 1 is 0.618 bits per heavy atom. The molecule has 0 atom stereocenters. The standard InChI is InChI=1S/2C7H7NO2.C6H10N4O3S/c2*8-6-4-2-1-3-5(6)7(9)10;7-2-1-3(14(11,12)13)5(9)6(10)4(2)8/h2*1-4H,8H2,(H,9,10);1H,7-10H2,(H,11,12,13). The maximum absolute atomic E-state index is 10.8. The molecule has 0 saturated heterocycles. The summed E-state index contributed by atoms with van der Waals surface area (Å²) in [5.41, 5.74) is 32.5. The molecular formula is C20H24N6O7S. The molecule has 0 saturated carbocycles. The highest BCUT2D eigenvalue weighted by Crippen LogP contribution is 2.34. The van der Waals surface area contributed by atoms with E-state index in [1.165, 1.54) is 12.1 Å². The predicted molar refractivity (Wildman–Crippen MR) is 130 cm³/mol. The van der Waals surface area contributed by atoms with Gasteiger partial charge >= 0.3 is 11.9 Å². The fourth-order valence-corrected chi connectivity index (χ4v) is 2.99. The van der Waals surface area contributed by atoms with Crippen LogP contribution in [0.15, 0.2) is 59.5 Å². The van der Waals surface area contributed by atoms with Crippen molar-refractivity contribution in [1.82, 2.24) is 0 Å². The molecule has 0 heterocycles. The molecule has 0 unspecified atom stereocenters. The van der Waals surface area contributed by atoms with E-state index >= 15 is 0 Å². The summed E-state index contributed by atoms with van der Waals surface area (Å²) in [6, 6.07) is 13.7. The number of nitrogen functional groups attached to an aromatic ring is 6.